The summed E-state index contributed by atoms with van der Waals surface area (Å²) in [6.07, 6.45) is 0.606. The van der Waals surface area contributed by atoms with Gasteiger partial charge < -0.3 is 4.90 Å². The smallest absolute Gasteiger partial charge is 0.223 e. The summed E-state index contributed by atoms with van der Waals surface area (Å²) in [5.74, 6) is 1.32. The fraction of sp³-hybridized carbons (Fsp3) is 0.417. The van der Waals surface area contributed by atoms with Gasteiger partial charge in [-0.1, -0.05) is 27.5 Å². The number of thiol groups is 1. The number of likely N-dealkylation sites (tertiary alicyclic amines) is 1. The van der Waals surface area contributed by atoms with Crippen molar-refractivity contribution in [2.75, 3.05) is 12.3 Å². The number of halogens is 2. The van der Waals surface area contributed by atoms with Crippen LogP contribution in [0, 0.1) is 5.92 Å². The Kier molecular flexibility index (Phi) is 4.39. The van der Waals surface area contributed by atoms with Crippen LogP contribution in [0.1, 0.15) is 12.0 Å². The summed E-state index contributed by atoms with van der Waals surface area (Å²) in [5.41, 5.74) is 0.981. The Morgan fingerprint density at radius 3 is 2.94 bits per heavy atom. The maximum atomic E-state index is 11.8. The first-order chi connectivity index (χ1) is 8.10. The highest BCUT2D eigenvalue weighted by atomic mass is 79.9. The third-order valence-corrected chi connectivity index (χ3v) is 4.30. The van der Waals surface area contributed by atoms with E-state index in [-0.39, 0.29) is 5.91 Å². The second kappa shape index (κ2) is 5.63. The van der Waals surface area contributed by atoms with Crippen LogP contribution < -0.4 is 0 Å². The van der Waals surface area contributed by atoms with E-state index in [0.717, 1.165) is 22.3 Å². The van der Waals surface area contributed by atoms with Gasteiger partial charge in [-0.25, -0.2) is 0 Å². The van der Waals surface area contributed by atoms with Crippen LogP contribution in [0.15, 0.2) is 22.7 Å². The first-order valence-electron chi connectivity index (χ1n) is 5.42. The fourth-order valence-electron chi connectivity index (χ4n) is 2.00. The molecule has 92 valence electrons. The molecule has 1 saturated heterocycles. The zero-order chi connectivity index (χ0) is 12.4. The highest BCUT2D eigenvalue weighted by Gasteiger charge is 2.28. The van der Waals surface area contributed by atoms with Gasteiger partial charge in [0.2, 0.25) is 5.91 Å². The van der Waals surface area contributed by atoms with E-state index in [1.165, 1.54) is 0 Å². The van der Waals surface area contributed by atoms with Crippen LogP contribution in [0.2, 0.25) is 5.02 Å². The van der Waals surface area contributed by atoms with Gasteiger partial charge in [-0.3, -0.25) is 4.79 Å². The summed E-state index contributed by atoms with van der Waals surface area (Å²) in [6.45, 7) is 1.37. The van der Waals surface area contributed by atoms with E-state index >= 15 is 0 Å². The quantitative estimate of drug-likeness (QED) is 0.840. The molecule has 0 N–H and O–H groups in total. The van der Waals surface area contributed by atoms with Gasteiger partial charge in [0.15, 0.2) is 0 Å². The van der Waals surface area contributed by atoms with Crippen LogP contribution in [0.4, 0.5) is 0 Å². The number of hydrogen-bond acceptors (Lipinski definition) is 2. The van der Waals surface area contributed by atoms with Crippen molar-refractivity contribution in [3.05, 3.63) is 33.3 Å². The third kappa shape index (κ3) is 3.18. The molecule has 2 rings (SSSR count). The number of amides is 1. The molecule has 0 radical (unpaired) electrons. The van der Waals surface area contributed by atoms with Crippen LogP contribution in [0.3, 0.4) is 0 Å². The molecule has 0 aromatic heterocycles. The third-order valence-electron chi connectivity index (χ3n) is 2.92. The summed E-state index contributed by atoms with van der Waals surface area (Å²) in [6, 6.07) is 5.70. The number of carbonyl (C=O) groups excluding carboxylic acids is 1. The van der Waals surface area contributed by atoms with Crippen LogP contribution in [0.5, 0.6) is 0 Å². The largest absolute Gasteiger partial charge is 0.338 e. The minimum absolute atomic E-state index is 0.195. The van der Waals surface area contributed by atoms with Crippen molar-refractivity contribution in [3.8, 4) is 0 Å². The van der Waals surface area contributed by atoms with E-state index in [9.17, 15) is 4.79 Å². The van der Waals surface area contributed by atoms with E-state index in [2.05, 4.69) is 28.6 Å². The molecular weight excluding hydrogens is 322 g/mol. The molecule has 0 aliphatic carbocycles. The Bertz CT molecular complexity index is 441. The molecular formula is C12H13BrClNOS. The van der Waals surface area contributed by atoms with Crippen molar-refractivity contribution in [2.24, 2.45) is 5.92 Å². The van der Waals surface area contributed by atoms with Crippen LogP contribution in [0.25, 0.3) is 0 Å². The van der Waals surface area contributed by atoms with Crippen LogP contribution in [-0.4, -0.2) is 23.1 Å². The van der Waals surface area contributed by atoms with E-state index < -0.39 is 0 Å². The van der Waals surface area contributed by atoms with Crippen molar-refractivity contribution >= 4 is 46.1 Å². The van der Waals surface area contributed by atoms with Crippen LogP contribution >= 0.6 is 40.2 Å². The second-order valence-corrected chi connectivity index (χ2v) is 5.95. The molecule has 1 aliphatic rings. The molecule has 2 nitrogen and oxygen atoms in total. The average molecular weight is 335 g/mol. The van der Waals surface area contributed by atoms with E-state index in [1.807, 2.05) is 23.1 Å². The lowest BCUT2D eigenvalue weighted by Crippen LogP contribution is -2.24. The molecule has 0 bridgehead atoms. The van der Waals surface area contributed by atoms with Gasteiger partial charge in [-0.05, 0) is 35.4 Å². The highest BCUT2D eigenvalue weighted by molar-refractivity contribution is 9.10. The maximum Gasteiger partial charge on any atom is 0.223 e. The minimum atomic E-state index is 0.195. The first kappa shape index (κ1) is 13.2. The van der Waals surface area contributed by atoms with E-state index in [4.69, 9.17) is 11.6 Å². The normalized spacial score (nSPS) is 20.1. The highest BCUT2D eigenvalue weighted by Crippen LogP contribution is 2.26. The molecule has 1 aromatic rings. The van der Waals surface area contributed by atoms with Crippen molar-refractivity contribution in [2.45, 2.75) is 13.0 Å². The lowest BCUT2D eigenvalue weighted by Gasteiger charge is -2.17. The Hall–Kier alpha value is -0.190. The first-order valence-corrected chi connectivity index (χ1v) is 7.23. The molecule has 17 heavy (non-hydrogen) atoms. The Labute approximate surface area is 120 Å². The average Bonchev–Trinajstić information content (AvgIpc) is 2.65. The minimum Gasteiger partial charge on any atom is -0.338 e. The predicted molar refractivity (Wildman–Crippen MR) is 76.5 cm³/mol. The summed E-state index contributed by atoms with van der Waals surface area (Å²) < 4.78 is 0.981. The Morgan fingerprint density at radius 2 is 2.29 bits per heavy atom. The Balaban J connectivity index is 2.11. The topological polar surface area (TPSA) is 20.3 Å². The van der Waals surface area contributed by atoms with Gasteiger partial charge in [-0.15, -0.1) is 0 Å². The Morgan fingerprint density at radius 1 is 1.53 bits per heavy atom. The molecule has 1 unspecified atom stereocenters. The number of rotatable bonds is 3. The number of carbonyl (C=O) groups is 1. The SMILES string of the molecule is O=C1CC(CS)CN1Cc1cc(Br)ccc1Cl. The summed E-state index contributed by atoms with van der Waals surface area (Å²) >= 11 is 13.8. The number of nitrogens with zero attached hydrogens (tertiary/aromatic N) is 1. The second-order valence-electron chi connectivity index (χ2n) is 4.26. The van der Waals surface area contributed by atoms with Gasteiger partial charge in [0.05, 0.1) is 0 Å². The van der Waals surface area contributed by atoms with Crippen molar-refractivity contribution in [1.82, 2.24) is 4.90 Å². The van der Waals surface area contributed by atoms with Crippen molar-refractivity contribution in [1.29, 1.82) is 0 Å². The molecule has 5 heteroatoms. The van der Waals surface area contributed by atoms with Gasteiger partial charge in [-0.2, -0.15) is 12.6 Å². The van der Waals surface area contributed by atoms with E-state index in [1.54, 1.807) is 0 Å². The molecule has 1 atom stereocenters. The van der Waals surface area contributed by atoms with Crippen molar-refractivity contribution in [3.63, 3.8) is 0 Å². The monoisotopic (exact) mass is 333 g/mol. The van der Waals surface area contributed by atoms with Crippen LogP contribution in [-0.2, 0) is 11.3 Å². The summed E-state index contributed by atoms with van der Waals surface area (Å²) in [4.78, 5) is 13.6. The van der Waals surface area contributed by atoms with Gasteiger partial charge >= 0.3 is 0 Å². The number of benzene rings is 1. The standard InChI is InChI=1S/C12H13BrClNOS/c13-10-1-2-11(14)9(4-10)6-15-5-8(7-17)3-12(15)16/h1-2,4,8,17H,3,5-7H2. The lowest BCUT2D eigenvalue weighted by atomic mass is 10.1. The molecule has 0 spiro atoms. The van der Waals surface area contributed by atoms with Crippen molar-refractivity contribution < 1.29 is 4.79 Å². The number of hydrogen-bond donors (Lipinski definition) is 1. The zero-order valence-corrected chi connectivity index (χ0v) is 12.4. The van der Waals surface area contributed by atoms with Gasteiger partial charge in [0.1, 0.15) is 0 Å². The molecule has 1 aromatic carbocycles. The van der Waals surface area contributed by atoms with E-state index in [0.29, 0.717) is 23.9 Å². The molecule has 0 saturated carbocycles. The molecule has 1 heterocycles. The predicted octanol–water partition coefficient (Wildman–Crippen LogP) is 3.38. The summed E-state index contributed by atoms with van der Waals surface area (Å²) in [7, 11) is 0. The van der Waals surface area contributed by atoms with Gasteiger partial charge in [0.25, 0.3) is 0 Å². The maximum absolute atomic E-state index is 11.8. The lowest BCUT2D eigenvalue weighted by molar-refractivity contribution is -0.128. The molecule has 1 aliphatic heterocycles. The van der Waals surface area contributed by atoms with Gasteiger partial charge in [0, 0.05) is 29.0 Å². The molecule has 1 amide bonds. The molecule has 1 fully saturated rings. The summed E-state index contributed by atoms with van der Waals surface area (Å²) in [5, 5.41) is 0.704. The zero-order valence-electron chi connectivity index (χ0n) is 9.20. The fourth-order valence-corrected chi connectivity index (χ4v) is 2.83.